The number of carbonyl (C=O) groups is 1. The molecule has 3 heteroatoms. The first kappa shape index (κ1) is 15.5. The number of amides is 1. The Morgan fingerprint density at radius 2 is 1.89 bits per heavy atom. The molecule has 0 aromatic carbocycles. The molecule has 1 amide bonds. The summed E-state index contributed by atoms with van der Waals surface area (Å²) in [7, 11) is 0. The monoisotopic (exact) mass is 254 g/mol. The van der Waals surface area contributed by atoms with Crippen LogP contribution in [0.15, 0.2) is 0 Å². The van der Waals surface area contributed by atoms with Gasteiger partial charge in [-0.25, -0.2) is 0 Å². The highest BCUT2D eigenvalue weighted by molar-refractivity contribution is 5.77. The van der Waals surface area contributed by atoms with Gasteiger partial charge in [-0.3, -0.25) is 4.79 Å². The third kappa shape index (κ3) is 5.38. The summed E-state index contributed by atoms with van der Waals surface area (Å²) >= 11 is 0. The maximum absolute atomic E-state index is 12.4. The Morgan fingerprint density at radius 3 is 2.33 bits per heavy atom. The number of rotatable bonds is 6. The van der Waals surface area contributed by atoms with Crippen LogP contribution in [-0.4, -0.2) is 28.9 Å². The lowest BCUT2D eigenvalue weighted by Crippen LogP contribution is -2.45. The van der Waals surface area contributed by atoms with Crippen molar-refractivity contribution >= 4 is 5.91 Å². The van der Waals surface area contributed by atoms with Crippen LogP contribution in [0, 0.1) is 5.92 Å². The highest BCUT2D eigenvalue weighted by Gasteiger charge is 2.28. The minimum Gasteiger partial charge on any atom is -0.340 e. The summed E-state index contributed by atoms with van der Waals surface area (Å²) in [5, 5.41) is 0. The third-order valence-electron chi connectivity index (χ3n) is 3.64. The second-order valence-electron chi connectivity index (χ2n) is 6.87. The van der Waals surface area contributed by atoms with Crippen LogP contribution in [0.1, 0.15) is 66.2 Å². The summed E-state index contributed by atoms with van der Waals surface area (Å²) in [5.74, 6) is 0.891. The first-order valence-corrected chi connectivity index (χ1v) is 7.38. The highest BCUT2D eigenvalue weighted by atomic mass is 16.2. The van der Waals surface area contributed by atoms with Crippen LogP contribution < -0.4 is 5.73 Å². The van der Waals surface area contributed by atoms with Gasteiger partial charge in [-0.05, 0) is 39.0 Å². The molecule has 0 spiro atoms. The average Bonchev–Trinajstić information content (AvgIpc) is 2.67. The summed E-state index contributed by atoms with van der Waals surface area (Å²) < 4.78 is 0. The van der Waals surface area contributed by atoms with E-state index >= 15 is 0 Å². The number of nitrogens with two attached hydrogens (primary N) is 1. The van der Waals surface area contributed by atoms with Crippen LogP contribution in [0.25, 0.3) is 0 Å². The van der Waals surface area contributed by atoms with Gasteiger partial charge >= 0.3 is 0 Å². The lowest BCUT2D eigenvalue weighted by Gasteiger charge is -2.32. The summed E-state index contributed by atoms with van der Waals surface area (Å²) in [6, 6.07) is 0.471. The van der Waals surface area contributed by atoms with E-state index in [1.54, 1.807) is 0 Å². The van der Waals surface area contributed by atoms with Gasteiger partial charge in [0, 0.05) is 24.5 Å². The minimum atomic E-state index is -0.397. The topological polar surface area (TPSA) is 46.3 Å². The van der Waals surface area contributed by atoms with Crippen molar-refractivity contribution in [3.05, 3.63) is 0 Å². The Labute approximate surface area is 112 Å². The Kier molecular flexibility index (Phi) is 5.64. The van der Waals surface area contributed by atoms with Crippen LogP contribution in [-0.2, 0) is 4.79 Å². The summed E-state index contributed by atoms with van der Waals surface area (Å²) in [6.45, 7) is 9.19. The molecule has 0 bridgehead atoms. The van der Waals surface area contributed by atoms with Gasteiger partial charge in [0.25, 0.3) is 0 Å². The first-order chi connectivity index (χ1) is 8.29. The molecule has 2 N–H and O–H groups in total. The molecule has 0 aromatic rings. The molecule has 106 valence electrons. The van der Waals surface area contributed by atoms with Crippen molar-refractivity contribution in [2.24, 2.45) is 11.7 Å². The molecule has 18 heavy (non-hydrogen) atoms. The van der Waals surface area contributed by atoms with E-state index < -0.39 is 5.54 Å². The standard InChI is InChI=1S/C15H30N2O/c1-12(2)9-10-17(13-7-5-6-8-13)14(18)11-15(3,4)16/h12-13H,5-11,16H2,1-4H3. The summed E-state index contributed by atoms with van der Waals surface area (Å²) in [5.41, 5.74) is 5.58. The molecule has 1 aliphatic rings. The van der Waals surface area contributed by atoms with Gasteiger partial charge in [0.2, 0.25) is 5.91 Å². The maximum Gasteiger partial charge on any atom is 0.224 e. The Morgan fingerprint density at radius 1 is 1.33 bits per heavy atom. The van der Waals surface area contributed by atoms with Gasteiger partial charge in [0.1, 0.15) is 0 Å². The minimum absolute atomic E-state index is 0.245. The van der Waals surface area contributed by atoms with Crippen molar-refractivity contribution in [3.8, 4) is 0 Å². The fraction of sp³-hybridized carbons (Fsp3) is 0.933. The van der Waals surface area contributed by atoms with Gasteiger partial charge in [-0.1, -0.05) is 26.7 Å². The number of hydrogen-bond donors (Lipinski definition) is 1. The van der Waals surface area contributed by atoms with Crippen LogP contribution in [0.5, 0.6) is 0 Å². The molecule has 1 fully saturated rings. The Hall–Kier alpha value is -0.570. The molecule has 0 aliphatic heterocycles. The van der Waals surface area contributed by atoms with Crippen molar-refractivity contribution < 1.29 is 4.79 Å². The lowest BCUT2D eigenvalue weighted by atomic mass is 10.00. The first-order valence-electron chi connectivity index (χ1n) is 7.38. The van der Waals surface area contributed by atoms with Crippen LogP contribution in [0.4, 0.5) is 0 Å². The summed E-state index contributed by atoms with van der Waals surface area (Å²) in [6.07, 6.45) is 6.43. The molecule has 3 nitrogen and oxygen atoms in total. The zero-order valence-electron chi connectivity index (χ0n) is 12.5. The number of nitrogens with zero attached hydrogens (tertiary/aromatic N) is 1. The molecule has 0 atom stereocenters. The van der Waals surface area contributed by atoms with E-state index in [1.165, 1.54) is 25.7 Å². The molecular weight excluding hydrogens is 224 g/mol. The van der Waals surface area contributed by atoms with E-state index in [0.717, 1.165) is 13.0 Å². The number of hydrogen-bond acceptors (Lipinski definition) is 2. The van der Waals surface area contributed by atoms with Crippen molar-refractivity contribution in [2.45, 2.75) is 77.8 Å². The molecule has 0 unspecified atom stereocenters. The molecule has 1 rings (SSSR count). The van der Waals surface area contributed by atoms with Gasteiger partial charge in [-0.2, -0.15) is 0 Å². The predicted molar refractivity (Wildman–Crippen MR) is 76.3 cm³/mol. The molecule has 0 radical (unpaired) electrons. The Bertz CT molecular complexity index is 262. The average molecular weight is 254 g/mol. The molecule has 1 aliphatic carbocycles. The van der Waals surface area contributed by atoms with E-state index in [0.29, 0.717) is 18.4 Å². The van der Waals surface area contributed by atoms with Crippen molar-refractivity contribution in [1.82, 2.24) is 4.90 Å². The zero-order valence-corrected chi connectivity index (χ0v) is 12.5. The van der Waals surface area contributed by atoms with E-state index in [-0.39, 0.29) is 5.91 Å². The van der Waals surface area contributed by atoms with Crippen molar-refractivity contribution in [2.75, 3.05) is 6.54 Å². The van der Waals surface area contributed by atoms with Crippen molar-refractivity contribution in [1.29, 1.82) is 0 Å². The van der Waals surface area contributed by atoms with Gasteiger partial charge in [0.15, 0.2) is 0 Å². The molecule has 0 aromatic heterocycles. The SMILES string of the molecule is CC(C)CCN(C(=O)CC(C)(C)N)C1CCCC1. The largest absolute Gasteiger partial charge is 0.340 e. The second kappa shape index (κ2) is 6.55. The van der Waals surface area contributed by atoms with Crippen LogP contribution in [0.3, 0.4) is 0 Å². The molecular formula is C15H30N2O. The molecule has 1 saturated carbocycles. The fourth-order valence-corrected chi connectivity index (χ4v) is 2.62. The molecule has 0 heterocycles. The van der Waals surface area contributed by atoms with E-state index in [1.807, 2.05) is 13.8 Å². The van der Waals surface area contributed by atoms with Gasteiger partial charge in [0.05, 0.1) is 0 Å². The maximum atomic E-state index is 12.4. The van der Waals surface area contributed by atoms with E-state index in [4.69, 9.17) is 5.73 Å². The summed E-state index contributed by atoms with van der Waals surface area (Å²) in [4.78, 5) is 14.5. The quantitative estimate of drug-likeness (QED) is 0.792. The smallest absolute Gasteiger partial charge is 0.224 e. The third-order valence-corrected chi connectivity index (χ3v) is 3.64. The second-order valence-corrected chi connectivity index (χ2v) is 6.87. The predicted octanol–water partition coefficient (Wildman–Crippen LogP) is 2.93. The normalized spacial score (nSPS) is 17.4. The van der Waals surface area contributed by atoms with E-state index in [9.17, 15) is 4.79 Å². The lowest BCUT2D eigenvalue weighted by molar-refractivity contribution is -0.134. The van der Waals surface area contributed by atoms with Gasteiger partial charge in [-0.15, -0.1) is 0 Å². The van der Waals surface area contributed by atoms with Crippen LogP contribution >= 0.6 is 0 Å². The van der Waals surface area contributed by atoms with Crippen LogP contribution in [0.2, 0.25) is 0 Å². The van der Waals surface area contributed by atoms with Crippen molar-refractivity contribution in [3.63, 3.8) is 0 Å². The van der Waals surface area contributed by atoms with E-state index in [2.05, 4.69) is 18.7 Å². The fourth-order valence-electron chi connectivity index (χ4n) is 2.62. The highest BCUT2D eigenvalue weighted by Crippen LogP contribution is 2.25. The molecule has 0 saturated heterocycles. The van der Waals surface area contributed by atoms with Gasteiger partial charge < -0.3 is 10.6 Å². The Balaban J connectivity index is 2.60. The number of carbonyl (C=O) groups excluding carboxylic acids is 1. The zero-order chi connectivity index (χ0) is 13.8.